The largest absolute Gasteiger partial charge is 0.492 e. The molecule has 5 rings (SSSR count). The number of carbonyl (C=O) groups is 1. The van der Waals surface area contributed by atoms with Gasteiger partial charge in [0.15, 0.2) is 6.10 Å². The lowest BCUT2D eigenvalue weighted by Crippen LogP contribution is -2.30. The molecule has 4 aromatic rings. The number of hydrogen-bond acceptors (Lipinski definition) is 5. The summed E-state index contributed by atoms with van der Waals surface area (Å²) in [6, 6.07) is 32.6. The molecule has 224 valence electrons. The monoisotopic (exact) mass is 577 g/mol. The lowest BCUT2D eigenvalue weighted by molar-refractivity contribution is -0.156. The Balaban J connectivity index is 1.29. The van der Waals surface area contributed by atoms with Crippen LogP contribution in [0.15, 0.2) is 91.0 Å². The van der Waals surface area contributed by atoms with Gasteiger partial charge in [0.2, 0.25) is 0 Å². The van der Waals surface area contributed by atoms with E-state index in [-0.39, 0.29) is 12.0 Å². The highest BCUT2D eigenvalue weighted by atomic mass is 16.6. The van der Waals surface area contributed by atoms with E-state index in [1.807, 2.05) is 31.2 Å². The van der Waals surface area contributed by atoms with Gasteiger partial charge in [0.25, 0.3) is 0 Å². The molecular formula is C38H43NO4. The van der Waals surface area contributed by atoms with E-state index in [2.05, 4.69) is 85.6 Å². The highest BCUT2D eigenvalue weighted by molar-refractivity contribution is 5.75. The van der Waals surface area contributed by atoms with E-state index in [0.29, 0.717) is 26.2 Å². The molecule has 1 aliphatic carbocycles. The molecule has 5 heteroatoms. The van der Waals surface area contributed by atoms with Crippen LogP contribution in [0.3, 0.4) is 0 Å². The first kappa shape index (κ1) is 30.5. The molecule has 0 radical (unpaired) electrons. The first-order valence-corrected chi connectivity index (χ1v) is 15.4. The minimum Gasteiger partial charge on any atom is -0.492 e. The highest BCUT2D eigenvalue weighted by Gasteiger charge is 2.27. The molecule has 1 aliphatic rings. The summed E-state index contributed by atoms with van der Waals surface area (Å²) in [4.78, 5) is 14.7. The number of esters is 1. The second-order valence-electron chi connectivity index (χ2n) is 11.3. The van der Waals surface area contributed by atoms with Gasteiger partial charge in [-0.15, -0.1) is 0 Å². The third kappa shape index (κ3) is 7.54. The third-order valence-corrected chi connectivity index (χ3v) is 8.22. The summed E-state index contributed by atoms with van der Waals surface area (Å²) in [7, 11) is 2.20. The fourth-order valence-corrected chi connectivity index (χ4v) is 6.03. The van der Waals surface area contributed by atoms with Crippen LogP contribution in [-0.4, -0.2) is 50.4 Å². The molecular weight excluding hydrogens is 534 g/mol. The molecule has 0 N–H and O–H groups in total. The number of likely N-dealkylation sites (N-methyl/N-ethyl adjacent to an activating group) is 1. The molecule has 4 aromatic carbocycles. The molecule has 2 unspecified atom stereocenters. The molecule has 0 bridgehead atoms. The molecule has 2 atom stereocenters. The number of hydrogen-bond donors (Lipinski definition) is 0. The van der Waals surface area contributed by atoms with Gasteiger partial charge in [0.1, 0.15) is 12.4 Å². The van der Waals surface area contributed by atoms with Crippen molar-refractivity contribution in [2.24, 2.45) is 0 Å². The first-order chi connectivity index (χ1) is 21.0. The number of ether oxygens (including phenoxy) is 3. The zero-order chi connectivity index (χ0) is 30.2. The minimum atomic E-state index is -0.594. The second-order valence-corrected chi connectivity index (χ2v) is 11.3. The van der Waals surface area contributed by atoms with E-state index in [9.17, 15) is 4.79 Å². The van der Waals surface area contributed by atoms with Gasteiger partial charge in [-0.25, -0.2) is 4.79 Å². The number of benzene rings is 4. The molecule has 0 spiro atoms. The third-order valence-electron chi connectivity index (χ3n) is 8.22. The highest BCUT2D eigenvalue weighted by Crippen LogP contribution is 2.38. The summed E-state index contributed by atoms with van der Waals surface area (Å²) in [5.41, 5.74) is 10.4. The second kappa shape index (κ2) is 14.5. The maximum Gasteiger partial charge on any atom is 0.335 e. The summed E-state index contributed by atoms with van der Waals surface area (Å²) in [6.45, 7) is 8.01. The molecule has 0 aliphatic heterocycles. The Bertz CT molecular complexity index is 1500. The van der Waals surface area contributed by atoms with Crippen molar-refractivity contribution in [3.63, 3.8) is 0 Å². The van der Waals surface area contributed by atoms with Gasteiger partial charge in [0, 0.05) is 19.6 Å². The van der Waals surface area contributed by atoms with Crippen molar-refractivity contribution in [2.45, 2.75) is 52.2 Å². The summed E-state index contributed by atoms with van der Waals surface area (Å²) < 4.78 is 17.0. The van der Waals surface area contributed by atoms with Crippen LogP contribution in [0.4, 0.5) is 0 Å². The lowest BCUT2D eigenvalue weighted by Gasteiger charge is -2.31. The Morgan fingerprint density at radius 2 is 1.60 bits per heavy atom. The van der Waals surface area contributed by atoms with Gasteiger partial charge in [-0.1, -0.05) is 84.4 Å². The van der Waals surface area contributed by atoms with E-state index in [1.54, 1.807) is 6.92 Å². The maximum absolute atomic E-state index is 12.2. The quantitative estimate of drug-likeness (QED) is 0.165. The normalized spacial score (nSPS) is 14.9. The van der Waals surface area contributed by atoms with Crippen LogP contribution in [0.1, 0.15) is 53.3 Å². The molecule has 0 fully saturated rings. The van der Waals surface area contributed by atoms with Gasteiger partial charge in [-0.05, 0) is 91.7 Å². The maximum atomic E-state index is 12.2. The Labute approximate surface area is 256 Å². The number of rotatable bonds is 12. The molecule has 0 saturated heterocycles. The standard InChI is InChI=1S/C38H43NO4/c1-5-41-36(38(40)42-6-2)25-28-13-19-33(20-14-28)43-23-22-39(4)37-34-21-18-31(29-10-8-7-9-11-29)26-32(34)17-16-30-15-12-27(3)24-35(30)37/h7-15,18-21,24,26,36-37H,5-6,16-17,22-23,25H2,1-4H3. The van der Waals surface area contributed by atoms with E-state index >= 15 is 0 Å². The number of nitrogens with zero attached hydrogens (tertiary/aromatic N) is 1. The zero-order valence-corrected chi connectivity index (χ0v) is 25.8. The van der Waals surface area contributed by atoms with Crippen LogP contribution in [-0.2, 0) is 33.5 Å². The number of carbonyl (C=O) groups excluding carboxylic acids is 1. The number of aryl methyl sites for hydroxylation is 3. The topological polar surface area (TPSA) is 48.0 Å². The summed E-state index contributed by atoms with van der Waals surface area (Å²) >= 11 is 0. The van der Waals surface area contributed by atoms with Crippen LogP contribution in [0.25, 0.3) is 11.1 Å². The van der Waals surface area contributed by atoms with E-state index in [4.69, 9.17) is 14.2 Å². The van der Waals surface area contributed by atoms with Crippen LogP contribution in [0.2, 0.25) is 0 Å². The lowest BCUT2D eigenvalue weighted by atomic mass is 9.90. The van der Waals surface area contributed by atoms with Crippen LogP contribution < -0.4 is 4.74 Å². The predicted molar refractivity (Wildman–Crippen MR) is 173 cm³/mol. The Morgan fingerprint density at radius 1 is 0.837 bits per heavy atom. The van der Waals surface area contributed by atoms with Crippen molar-refractivity contribution in [2.75, 3.05) is 33.4 Å². The zero-order valence-electron chi connectivity index (χ0n) is 25.8. The molecule has 0 saturated carbocycles. The summed E-state index contributed by atoms with van der Waals surface area (Å²) in [6.07, 6.45) is 1.94. The first-order valence-electron chi connectivity index (χ1n) is 15.4. The van der Waals surface area contributed by atoms with Gasteiger partial charge in [-0.3, -0.25) is 4.90 Å². The van der Waals surface area contributed by atoms with Crippen molar-refractivity contribution in [1.82, 2.24) is 4.90 Å². The van der Waals surface area contributed by atoms with Crippen LogP contribution in [0.5, 0.6) is 5.75 Å². The Morgan fingerprint density at radius 3 is 2.35 bits per heavy atom. The molecule has 43 heavy (non-hydrogen) atoms. The van der Waals surface area contributed by atoms with Gasteiger partial charge < -0.3 is 14.2 Å². The average molecular weight is 578 g/mol. The molecule has 0 aromatic heterocycles. The van der Waals surface area contributed by atoms with Crippen molar-refractivity contribution in [3.8, 4) is 16.9 Å². The fourth-order valence-electron chi connectivity index (χ4n) is 6.03. The van der Waals surface area contributed by atoms with E-state index < -0.39 is 6.10 Å². The van der Waals surface area contributed by atoms with Crippen molar-refractivity contribution in [1.29, 1.82) is 0 Å². The smallest absolute Gasteiger partial charge is 0.335 e. The van der Waals surface area contributed by atoms with Gasteiger partial charge in [-0.2, -0.15) is 0 Å². The van der Waals surface area contributed by atoms with E-state index in [1.165, 1.54) is 38.9 Å². The van der Waals surface area contributed by atoms with Crippen molar-refractivity contribution in [3.05, 3.63) is 124 Å². The SMILES string of the molecule is CCOC(=O)C(Cc1ccc(OCCN(C)C2c3ccc(-c4ccccc4)cc3CCc3ccc(C)cc32)cc1)OCC. The van der Waals surface area contributed by atoms with E-state index in [0.717, 1.165) is 30.7 Å². The molecule has 5 nitrogen and oxygen atoms in total. The molecule has 0 heterocycles. The van der Waals surface area contributed by atoms with Crippen LogP contribution >= 0.6 is 0 Å². The molecule has 0 amide bonds. The van der Waals surface area contributed by atoms with Gasteiger partial charge >= 0.3 is 5.97 Å². The average Bonchev–Trinajstić information content (AvgIpc) is 3.18. The Kier molecular flexibility index (Phi) is 10.3. The number of fused-ring (bicyclic) bond motifs is 2. The van der Waals surface area contributed by atoms with Crippen molar-refractivity contribution < 1.29 is 19.0 Å². The predicted octanol–water partition coefficient (Wildman–Crippen LogP) is 7.37. The van der Waals surface area contributed by atoms with Crippen LogP contribution in [0, 0.1) is 6.92 Å². The summed E-state index contributed by atoms with van der Waals surface area (Å²) in [5.74, 6) is 0.493. The van der Waals surface area contributed by atoms with Crippen molar-refractivity contribution >= 4 is 5.97 Å². The summed E-state index contributed by atoms with van der Waals surface area (Å²) in [5, 5.41) is 0. The minimum absolute atomic E-state index is 0.154. The fraction of sp³-hybridized carbons (Fsp3) is 0.342. The Hall–Kier alpha value is -3.93. The van der Waals surface area contributed by atoms with Gasteiger partial charge in [0.05, 0.1) is 12.6 Å².